The number of likely N-dealkylation sites (N-methyl/N-ethyl adjacent to an activating group) is 1. The number of aliphatic hydroxyl groups is 1. The molecule has 158 valence electrons. The number of aromatic nitrogens is 1. The second kappa shape index (κ2) is 10.9. The predicted octanol–water partition coefficient (Wildman–Crippen LogP) is 5.35. The van der Waals surface area contributed by atoms with Crippen LogP contribution in [0.5, 0.6) is 11.5 Å². The van der Waals surface area contributed by atoms with Crippen LogP contribution < -0.4 is 4.74 Å². The average Bonchev–Trinajstić information content (AvgIpc) is 2.77. The summed E-state index contributed by atoms with van der Waals surface area (Å²) in [7, 11) is 4.20. The zero-order valence-corrected chi connectivity index (χ0v) is 18.2. The van der Waals surface area contributed by atoms with Gasteiger partial charge in [0, 0.05) is 24.5 Å². The van der Waals surface area contributed by atoms with E-state index < -0.39 is 0 Å². The van der Waals surface area contributed by atoms with E-state index in [0.717, 1.165) is 42.9 Å². The molecule has 30 heavy (non-hydrogen) atoms. The normalized spacial score (nSPS) is 12.2. The van der Waals surface area contributed by atoms with E-state index >= 15 is 0 Å². The standard InChI is InChI=1S/C26H32N2O2/c1-4-24(29)11-8-23-19-27-16-14-26(23)30-25-12-9-21(10-13-25)22-7-5-6-20(18-22)15-17-28(2)3/h5-7,9-10,12-14,16,18-19,24,29H,4,8,11,15,17H2,1-3H3. The van der Waals surface area contributed by atoms with Gasteiger partial charge in [0.25, 0.3) is 0 Å². The van der Waals surface area contributed by atoms with Gasteiger partial charge in [-0.1, -0.05) is 43.3 Å². The smallest absolute Gasteiger partial charge is 0.133 e. The van der Waals surface area contributed by atoms with Crippen molar-refractivity contribution in [1.29, 1.82) is 0 Å². The molecule has 1 N–H and O–H groups in total. The number of benzene rings is 2. The molecule has 0 aliphatic rings. The Hall–Kier alpha value is -2.69. The first-order valence-electron chi connectivity index (χ1n) is 10.7. The van der Waals surface area contributed by atoms with Gasteiger partial charge < -0.3 is 14.7 Å². The van der Waals surface area contributed by atoms with Gasteiger partial charge in [-0.2, -0.15) is 0 Å². The number of ether oxygens (including phenoxy) is 1. The minimum absolute atomic E-state index is 0.286. The summed E-state index contributed by atoms with van der Waals surface area (Å²) in [5.74, 6) is 1.60. The molecule has 3 rings (SSSR count). The maximum atomic E-state index is 9.86. The van der Waals surface area contributed by atoms with Crippen LogP contribution in [0.4, 0.5) is 0 Å². The molecule has 0 aliphatic carbocycles. The van der Waals surface area contributed by atoms with E-state index in [2.05, 4.69) is 60.4 Å². The third-order valence-corrected chi connectivity index (χ3v) is 5.27. The van der Waals surface area contributed by atoms with Crippen LogP contribution in [0.3, 0.4) is 0 Å². The van der Waals surface area contributed by atoms with E-state index in [1.54, 1.807) is 6.20 Å². The third-order valence-electron chi connectivity index (χ3n) is 5.27. The summed E-state index contributed by atoms with van der Waals surface area (Å²) < 4.78 is 6.13. The lowest BCUT2D eigenvalue weighted by Gasteiger charge is -2.13. The number of aliphatic hydroxyl groups excluding tert-OH is 1. The van der Waals surface area contributed by atoms with Gasteiger partial charge in [0.2, 0.25) is 0 Å². The van der Waals surface area contributed by atoms with Gasteiger partial charge in [0.05, 0.1) is 6.10 Å². The summed E-state index contributed by atoms with van der Waals surface area (Å²) in [4.78, 5) is 6.42. The molecule has 1 unspecified atom stereocenters. The Bertz CT molecular complexity index is 922. The molecule has 0 saturated carbocycles. The number of hydrogen-bond donors (Lipinski definition) is 1. The third kappa shape index (κ3) is 6.41. The lowest BCUT2D eigenvalue weighted by atomic mass is 10.0. The van der Waals surface area contributed by atoms with Gasteiger partial charge in [-0.15, -0.1) is 0 Å². The Balaban J connectivity index is 1.69. The summed E-state index contributed by atoms with van der Waals surface area (Å²) >= 11 is 0. The van der Waals surface area contributed by atoms with Crippen molar-refractivity contribution < 1.29 is 9.84 Å². The maximum absolute atomic E-state index is 9.86. The SMILES string of the molecule is CCC(O)CCc1cnccc1Oc1ccc(-c2cccc(CCN(C)C)c2)cc1. The molecule has 0 spiro atoms. The van der Waals surface area contributed by atoms with Gasteiger partial charge in [-0.05, 0) is 74.7 Å². The fraction of sp³-hybridized carbons (Fsp3) is 0.346. The molecular weight excluding hydrogens is 372 g/mol. The Labute approximate surface area is 180 Å². The van der Waals surface area contributed by atoms with Crippen LogP contribution in [0.1, 0.15) is 30.9 Å². The topological polar surface area (TPSA) is 45.6 Å². The predicted molar refractivity (Wildman–Crippen MR) is 123 cm³/mol. The first-order chi connectivity index (χ1) is 14.5. The Morgan fingerprint density at radius 1 is 1.00 bits per heavy atom. The Morgan fingerprint density at radius 2 is 1.80 bits per heavy atom. The van der Waals surface area contributed by atoms with Gasteiger partial charge in [0.1, 0.15) is 11.5 Å². The summed E-state index contributed by atoms with van der Waals surface area (Å²) in [6, 6.07) is 18.8. The van der Waals surface area contributed by atoms with Crippen molar-refractivity contribution in [3.63, 3.8) is 0 Å². The summed E-state index contributed by atoms with van der Waals surface area (Å²) in [6.45, 7) is 3.03. The van der Waals surface area contributed by atoms with Crippen molar-refractivity contribution in [3.05, 3.63) is 78.1 Å². The molecule has 2 aromatic carbocycles. The minimum atomic E-state index is -0.286. The van der Waals surface area contributed by atoms with E-state index in [9.17, 15) is 5.11 Å². The van der Waals surface area contributed by atoms with E-state index in [4.69, 9.17) is 4.74 Å². The lowest BCUT2D eigenvalue weighted by molar-refractivity contribution is 0.160. The van der Waals surface area contributed by atoms with Crippen molar-refractivity contribution in [2.75, 3.05) is 20.6 Å². The van der Waals surface area contributed by atoms with E-state index in [0.29, 0.717) is 6.42 Å². The molecule has 0 aliphatic heterocycles. The Morgan fingerprint density at radius 3 is 2.53 bits per heavy atom. The van der Waals surface area contributed by atoms with Crippen LogP contribution in [-0.4, -0.2) is 41.7 Å². The number of rotatable bonds is 10. The molecule has 1 aromatic heterocycles. The van der Waals surface area contributed by atoms with Crippen molar-refractivity contribution in [1.82, 2.24) is 9.88 Å². The quantitative estimate of drug-likeness (QED) is 0.495. The van der Waals surface area contributed by atoms with Crippen LogP contribution in [-0.2, 0) is 12.8 Å². The molecule has 4 heteroatoms. The summed E-state index contributed by atoms with van der Waals surface area (Å²) in [5.41, 5.74) is 4.76. The number of aryl methyl sites for hydroxylation is 1. The minimum Gasteiger partial charge on any atom is -0.457 e. The lowest BCUT2D eigenvalue weighted by Crippen LogP contribution is -2.14. The highest BCUT2D eigenvalue weighted by Gasteiger charge is 2.09. The zero-order chi connectivity index (χ0) is 21.3. The first kappa shape index (κ1) is 22.0. The highest BCUT2D eigenvalue weighted by molar-refractivity contribution is 5.65. The van der Waals surface area contributed by atoms with Gasteiger partial charge in [0.15, 0.2) is 0 Å². The average molecular weight is 405 g/mol. The first-order valence-corrected chi connectivity index (χ1v) is 10.7. The van der Waals surface area contributed by atoms with Gasteiger partial charge in [-0.25, -0.2) is 0 Å². The molecule has 0 radical (unpaired) electrons. The van der Waals surface area contributed by atoms with Gasteiger partial charge >= 0.3 is 0 Å². The zero-order valence-electron chi connectivity index (χ0n) is 18.2. The highest BCUT2D eigenvalue weighted by atomic mass is 16.5. The second-order valence-electron chi connectivity index (χ2n) is 7.96. The molecule has 1 atom stereocenters. The van der Waals surface area contributed by atoms with Crippen molar-refractivity contribution >= 4 is 0 Å². The molecule has 0 fully saturated rings. The summed E-state index contributed by atoms with van der Waals surface area (Å²) in [6.07, 6.45) is 6.53. The van der Waals surface area contributed by atoms with Crippen molar-refractivity contribution in [2.24, 2.45) is 0 Å². The fourth-order valence-corrected chi connectivity index (χ4v) is 3.33. The molecule has 0 amide bonds. The van der Waals surface area contributed by atoms with E-state index in [1.165, 1.54) is 16.7 Å². The summed E-state index contributed by atoms with van der Waals surface area (Å²) in [5, 5.41) is 9.86. The van der Waals surface area contributed by atoms with Crippen LogP contribution in [0.25, 0.3) is 11.1 Å². The van der Waals surface area contributed by atoms with Gasteiger partial charge in [-0.3, -0.25) is 4.98 Å². The van der Waals surface area contributed by atoms with Crippen LogP contribution in [0.15, 0.2) is 67.0 Å². The van der Waals surface area contributed by atoms with Crippen LogP contribution in [0.2, 0.25) is 0 Å². The number of nitrogens with zero attached hydrogens (tertiary/aromatic N) is 2. The number of pyridine rings is 1. The molecule has 0 bridgehead atoms. The van der Waals surface area contributed by atoms with Crippen molar-refractivity contribution in [3.8, 4) is 22.6 Å². The highest BCUT2D eigenvalue weighted by Crippen LogP contribution is 2.29. The molecule has 4 nitrogen and oxygen atoms in total. The van der Waals surface area contributed by atoms with Crippen LogP contribution >= 0.6 is 0 Å². The fourth-order valence-electron chi connectivity index (χ4n) is 3.33. The Kier molecular flexibility index (Phi) is 8.00. The van der Waals surface area contributed by atoms with Crippen molar-refractivity contribution in [2.45, 2.75) is 38.7 Å². The molecule has 1 heterocycles. The monoisotopic (exact) mass is 404 g/mol. The van der Waals surface area contributed by atoms with E-state index in [-0.39, 0.29) is 6.10 Å². The maximum Gasteiger partial charge on any atom is 0.133 e. The number of hydrogen-bond acceptors (Lipinski definition) is 4. The molecule has 3 aromatic rings. The van der Waals surface area contributed by atoms with Crippen LogP contribution in [0, 0.1) is 0 Å². The van der Waals surface area contributed by atoms with E-state index in [1.807, 2.05) is 31.3 Å². The molecule has 0 saturated heterocycles. The largest absolute Gasteiger partial charge is 0.457 e. The molecular formula is C26H32N2O2. The second-order valence-corrected chi connectivity index (χ2v) is 7.96.